The molecule has 1 aromatic rings. The highest BCUT2D eigenvalue weighted by molar-refractivity contribution is 9.11. The van der Waals surface area contributed by atoms with Crippen LogP contribution in [0.4, 0.5) is 0 Å². The highest BCUT2D eigenvalue weighted by Crippen LogP contribution is 2.22. The zero-order valence-corrected chi connectivity index (χ0v) is 15.6. The van der Waals surface area contributed by atoms with Gasteiger partial charge in [0.05, 0.1) is 3.79 Å². The van der Waals surface area contributed by atoms with E-state index in [0.717, 1.165) is 12.6 Å². The van der Waals surface area contributed by atoms with Crippen LogP contribution in [0.25, 0.3) is 0 Å². The molecular weight excluding hydrogens is 342 g/mol. The molecule has 1 saturated carbocycles. The molecule has 0 atom stereocenters. The van der Waals surface area contributed by atoms with Crippen molar-refractivity contribution in [1.82, 2.24) is 5.32 Å². The van der Waals surface area contributed by atoms with Gasteiger partial charge in [0.1, 0.15) is 0 Å². The summed E-state index contributed by atoms with van der Waals surface area (Å²) in [4.78, 5) is 1.49. The third-order valence-electron chi connectivity index (χ3n) is 4.54. The van der Waals surface area contributed by atoms with E-state index in [4.69, 9.17) is 0 Å². The molecule has 1 aromatic heterocycles. The summed E-state index contributed by atoms with van der Waals surface area (Å²) in [5.74, 6) is 0. The maximum absolute atomic E-state index is 3.82. The van der Waals surface area contributed by atoms with E-state index >= 15 is 0 Å². The fraction of sp³-hybridized carbons (Fsp3) is 0.778. The molecule has 1 nitrogen and oxygen atoms in total. The standard InChI is InChI=1S/C18H30BrNS/c19-18-13-12-17(21-18)14-15-20-16-10-8-6-4-2-1-3-5-7-9-11-16/h12-13,16,20H,1-11,14-15H2. The summed E-state index contributed by atoms with van der Waals surface area (Å²) in [5.41, 5.74) is 0. The molecule has 1 fully saturated rings. The van der Waals surface area contributed by atoms with Crippen molar-refractivity contribution < 1.29 is 0 Å². The number of rotatable bonds is 4. The van der Waals surface area contributed by atoms with E-state index in [1.165, 1.54) is 85.7 Å². The van der Waals surface area contributed by atoms with Crippen LogP contribution in [-0.2, 0) is 6.42 Å². The second-order valence-corrected chi connectivity index (χ2v) is 8.91. The zero-order valence-electron chi connectivity index (χ0n) is 13.2. The van der Waals surface area contributed by atoms with Crippen LogP contribution in [0.5, 0.6) is 0 Å². The van der Waals surface area contributed by atoms with E-state index in [-0.39, 0.29) is 0 Å². The molecule has 0 unspecified atom stereocenters. The predicted octanol–water partition coefficient (Wildman–Crippen LogP) is 6.32. The summed E-state index contributed by atoms with van der Waals surface area (Å²) in [5, 5.41) is 3.82. The van der Waals surface area contributed by atoms with Crippen LogP contribution in [0, 0.1) is 0 Å². The van der Waals surface area contributed by atoms with Gasteiger partial charge in [0.15, 0.2) is 0 Å². The number of halogens is 1. The molecule has 2 rings (SSSR count). The predicted molar refractivity (Wildman–Crippen MR) is 98.3 cm³/mol. The molecule has 1 heterocycles. The molecule has 0 saturated heterocycles. The smallest absolute Gasteiger partial charge is 0.0701 e. The van der Waals surface area contributed by atoms with Gasteiger partial charge in [-0.2, -0.15) is 0 Å². The Labute approximate surface area is 143 Å². The molecule has 1 aliphatic rings. The van der Waals surface area contributed by atoms with Crippen LogP contribution < -0.4 is 5.32 Å². The Morgan fingerprint density at radius 1 is 0.905 bits per heavy atom. The molecule has 0 spiro atoms. The van der Waals surface area contributed by atoms with E-state index in [9.17, 15) is 0 Å². The largest absolute Gasteiger partial charge is 0.314 e. The lowest BCUT2D eigenvalue weighted by Crippen LogP contribution is -2.30. The van der Waals surface area contributed by atoms with Crippen LogP contribution in [0.1, 0.15) is 75.5 Å². The highest BCUT2D eigenvalue weighted by Gasteiger charge is 2.09. The lowest BCUT2D eigenvalue weighted by Gasteiger charge is -2.19. The second-order valence-electron chi connectivity index (χ2n) is 6.37. The minimum absolute atomic E-state index is 0.757. The summed E-state index contributed by atoms with van der Waals surface area (Å²) in [7, 11) is 0. The van der Waals surface area contributed by atoms with Gasteiger partial charge in [-0.05, 0) is 47.3 Å². The van der Waals surface area contributed by atoms with Crippen molar-refractivity contribution in [3.63, 3.8) is 0 Å². The molecular formula is C18H30BrNS. The zero-order chi connectivity index (χ0) is 14.8. The average Bonchev–Trinajstić information content (AvgIpc) is 2.87. The van der Waals surface area contributed by atoms with Gasteiger partial charge < -0.3 is 5.32 Å². The third kappa shape index (κ3) is 7.80. The summed E-state index contributed by atoms with van der Waals surface area (Å²) in [6.45, 7) is 1.14. The van der Waals surface area contributed by atoms with E-state index < -0.39 is 0 Å². The first-order chi connectivity index (χ1) is 10.3. The molecule has 0 aliphatic heterocycles. The maximum Gasteiger partial charge on any atom is 0.0701 e. The number of hydrogen-bond acceptors (Lipinski definition) is 2. The van der Waals surface area contributed by atoms with Gasteiger partial charge in [0.2, 0.25) is 0 Å². The molecule has 0 bridgehead atoms. The third-order valence-corrected chi connectivity index (χ3v) is 6.22. The van der Waals surface area contributed by atoms with Crippen LogP contribution in [0.3, 0.4) is 0 Å². The van der Waals surface area contributed by atoms with Gasteiger partial charge in [0.25, 0.3) is 0 Å². The van der Waals surface area contributed by atoms with Crippen molar-refractivity contribution in [1.29, 1.82) is 0 Å². The van der Waals surface area contributed by atoms with Crippen molar-refractivity contribution in [3.8, 4) is 0 Å². The monoisotopic (exact) mass is 371 g/mol. The van der Waals surface area contributed by atoms with Crippen molar-refractivity contribution in [2.24, 2.45) is 0 Å². The number of thiophene rings is 1. The first-order valence-electron chi connectivity index (χ1n) is 8.82. The molecule has 120 valence electrons. The molecule has 0 radical (unpaired) electrons. The topological polar surface area (TPSA) is 12.0 Å². The lowest BCUT2D eigenvalue weighted by molar-refractivity contribution is 0.406. The van der Waals surface area contributed by atoms with Crippen LogP contribution in [0.15, 0.2) is 15.9 Å². The second kappa shape index (κ2) is 10.8. The van der Waals surface area contributed by atoms with E-state index in [1.54, 1.807) is 0 Å². The van der Waals surface area contributed by atoms with E-state index in [1.807, 2.05) is 11.3 Å². The van der Waals surface area contributed by atoms with Crippen molar-refractivity contribution in [2.75, 3.05) is 6.54 Å². The highest BCUT2D eigenvalue weighted by atomic mass is 79.9. The van der Waals surface area contributed by atoms with Crippen molar-refractivity contribution >= 4 is 27.3 Å². The van der Waals surface area contributed by atoms with Crippen molar-refractivity contribution in [3.05, 3.63) is 20.8 Å². The minimum Gasteiger partial charge on any atom is -0.314 e. The fourth-order valence-corrected chi connectivity index (χ4v) is 4.74. The lowest BCUT2D eigenvalue weighted by atomic mass is 9.98. The Kier molecular flexibility index (Phi) is 8.99. The van der Waals surface area contributed by atoms with Gasteiger partial charge in [0, 0.05) is 17.5 Å². The first-order valence-corrected chi connectivity index (χ1v) is 10.4. The summed E-state index contributed by atoms with van der Waals surface area (Å²) < 4.78 is 1.25. The van der Waals surface area contributed by atoms with Gasteiger partial charge in [-0.1, -0.05) is 57.8 Å². The quantitative estimate of drug-likeness (QED) is 0.652. The van der Waals surface area contributed by atoms with E-state index in [0.29, 0.717) is 0 Å². The molecule has 3 heteroatoms. The number of nitrogens with one attached hydrogen (secondary N) is 1. The molecule has 1 N–H and O–H groups in total. The average molecular weight is 372 g/mol. The van der Waals surface area contributed by atoms with E-state index in [2.05, 4.69) is 33.4 Å². The number of hydrogen-bond donors (Lipinski definition) is 1. The summed E-state index contributed by atoms with van der Waals surface area (Å²) in [6.07, 6.45) is 17.0. The first kappa shape index (κ1) is 17.5. The molecule has 0 amide bonds. The summed E-state index contributed by atoms with van der Waals surface area (Å²) in [6, 6.07) is 5.17. The normalized spacial score (nSPS) is 19.9. The Hall–Kier alpha value is 0.140. The summed E-state index contributed by atoms with van der Waals surface area (Å²) >= 11 is 5.42. The molecule has 1 aliphatic carbocycles. The van der Waals surface area contributed by atoms with Gasteiger partial charge >= 0.3 is 0 Å². The molecule has 21 heavy (non-hydrogen) atoms. The Balaban J connectivity index is 1.67. The van der Waals surface area contributed by atoms with Crippen LogP contribution in [0.2, 0.25) is 0 Å². The van der Waals surface area contributed by atoms with Crippen LogP contribution >= 0.6 is 27.3 Å². The van der Waals surface area contributed by atoms with Gasteiger partial charge in [-0.3, -0.25) is 0 Å². The van der Waals surface area contributed by atoms with Gasteiger partial charge in [-0.25, -0.2) is 0 Å². The maximum atomic E-state index is 3.82. The van der Waals surface area contributed by atoms with Crippen molar-refractivity contribution in [2.45, 2.75) is 83.1 Å². The Morgan fingerprint density at radius 2 is 1.48 bits per heavy atom. The Bertz CT molecular complexity index is 365. The SMILES string of the molecule is Brc1ccc(CCNC2CCCCCCCCCCC2)s1. The molecule has 0 aromatic carbocycles. The van der Waals surface area contributed by atoms with Gasteiger partial charge in [-0.15, -0.1) is 11.3 Å². The minimum atomic E-state index is 0.757. The van der Waals surface area contributed by atoms with Crippen LogP contribution in [-0.4, -0.2) is 12.6 Å². The fourth-order valence-electron chi connectivity index (χ4n) is 3.25. The Morgan fingerprint density at radius 3 is 2.00 bits per heavy atom.